The van der Waals surface area contributed by atoms with Gasteiger partial charge < -0.3 is 15.4 Å². The Bertz CT molecular complexity index is 400. The summed E-state index contributed by atoms with van der Waals surface area (Å²) in [4.78, 5) is 2.15. The lowest BCUT2D eigenvalue weighted by molar-refractivity contribution is 0.174. The molecule has 0 saturated carbocycles. The third-order valence-electron chi connectivity index (χ3n) is 3.03. The SMILES string of the molecule is COCC(CCCN)N(C)c1cccc(C#N)c1. The maximum absolute atomic E-state index is 8.92. The van der Waals surface area contributed by atoms with Gasteiger partial charge in [0.1, 0.15) is 0 Å². The first kappa shape index (κ1) is 14.5. The second kappa shape index (κ2) is 7.70. The Morgan fingerprint density at radius 2 is 2.28 bits per heavy atom. The summed E-state index contributed by atoms with van der Waals surface area (Å²) < 4.78 is 5.25. The number of hydrogen-bond acceptors (Lipinski definition) is 4. The second-order valence-corrected chi connectivity index (χ2v) is 4.31. The molecule has 98 valence electrons. The van der Waals surface area contributed by atoms with Crippen LogP contribution >= 0.6 is 0 Å². The lowest BCUT2D eigenvalue weighted by Gasteiger charge is -2.29. The smallest absolute Gasteiger partial charge is 0.0992 e. The second-order valence-electron chi connectivity index (χ2n) is 4.31. The van der Waals surface area contributed by atoms with Crippen molar-refractivity contribution in [3.63, 3.8) is 0 Å². The van der Waals surface area contributed by atoms with E-state index in [2.05, 4.69) is 11.0 Å². The molecule has 0 heterocycles. The zero-order chi connectivity index (χ0) is 13.4. The molecule has 1 atom stereocenters. The van der Waals surface area contributed by atoms with Crippen LogP contribution in [0.1, 0.15) is 18.4 Å². The van der Waals surface area contributed by atoms with Crippen LogP contribution in [0.5, 0.6) is 0 Å². The van der Waals surface area contributed by atoms with E-state index in [1.807, 2.05) is 31.3 Å². The molecule has 0 amide bonds. The van der Waals surface area contributed by atoms with Crippen LogP contribution in [-0.2, 0) is 4.74 Å². The lowest BCUT2D eigenvalue weighted by atomic mass is 10.1. The Morgan fingerprint density at radius 1 is 1.50 bits per heavy atom. The topological polar surface area (TPSA) is 62.3 Å². The molecule has 1 unspecified atom stereocenters. The summed E-state index contributed by atoms with van der Waals surface area (Å²) in [5.41, 5.74) is 7.27. The van der Waals surface area contributed by atoms with Crippen molar-refractivity contribution in [3.05, 3.63) is 29.8 Å². The van der Waals surface area contributed by atoms with Crippen molar-refractivity contribution in [3.8, 4) is 6.07 Å². The zero-order valence-electron chi connectivity index (χ0n) is 11.1. The molecular formula is C14H21N3O. The molecule has 18 heavy (non-hydrogen) atoms. The Morgan fingerprint density at radius 3 is 2.89 bits per heavy atom. The molecule has 1 aromatic carbocycles. The number of anilines is 1. The van der Waals surface area contributed by atoms with Gasteiger partial charge in [0, 0.05) is 19.8 Å². The van der Waals surface area contributed by atoms with E-state index in [-0.39, 0.29) is 6.04 Å². The average molecular weight is 247 g/mol. The maximum atomic E-state index is 8.92. The largest absolute Gasteiger partial charge is 0.383 e. The van der Waals surface area contributed by atoms with Crippen molar-refractivity contribution >= 4 is 5.69 Å². The number of benzene rings is 1. The van der Waals surface area contributed by atoms with Gasteiger partial charge in [0.2, 0.25) is 0 Å². The third-order valence-corrected chi connectivity index (χ3v) is 3.03. The Kier molecular flexibility index (Phi) is 6.20. The van der Waals surface area contributed by atoms with Gasteiger partial charge in [-0.1, -0.05) is 6.07 Å². The van der Waals surface area contributed by atoms with Gasteiger partial charge in [-0.25, -0.2) is 0 Å². The summed E-state index contributed by atoms with van der Waals surface area (Å²) >= 11 is 0. The van der Waals surface area contributed by atoms with E-state index in [4.69, 9.17) is 15.7 Å². The molecular weight excluding hydrogens is 226 g/mol. The molecule has 0 aliphatic carbocycles. The number of hydrogen-bond donors (Lipinski definition) is 1. The fourth-order valence-electron chi connectivity index (χ4n) is 1.94. The molecule has 0 saturated heterocycles. The van der Waals surface area contributed by atoms with Gasteiger partial charge in [-0.2, -0.15) is 5.26 Å². The highest BCUT2D eigenvalue weighted by molar-refractivity contribution is 5.51. The number of likely N-dealkylation sites (N-methyl/N-ethyl adjacent to an activating group) is 1. The van der Waals surface area contributed by atoms with Crippen molar-refractivity contribution in [2.45, 2.75) is 18.9 Å². The van der Waals surface area contributed by atoms with E-state index in [0.29, 0.717) is 18.7 Å². The van der Waals surface area contributed by atoms with E-state index in [0.717, 1.165) is 18.5 Å². The van der Waals surface area contributed by atoms with Crippen LogP contribution < -0.4 is 10.6 Å². The van der Waals surface area contributed by atoms with Crippen LogP contribution in [0.25, 0.3) is 0 Å². The highest BCUT2D eigenvalue weighted by atomic mass is 16.5. The van der Waals surface area contributed by atoms with Crippen molar-refractivity contribution in [2.24, 2.45) is 5.73 Å². The Balaban J connectivity index is 2.80. The molecule has 1 aromatic rings. The summed E-state index contributed by atoms with van der Waals surface area (Å²) in [5.74, 6) is 0. The monoisotopic (exact) mass is 247 g/mol. The average Bonchev–Trinajstić information content (AvgIpc) is 2.42. The van der Waals surface area contributed by atoms with Gasteiger partial charge in [0.15, 0.2) is 0 Å². The van der Waals surface area contributed by atoms with E-state index in [9.17, 15) is 0 Å². The highest BCUT2D eigenvalue weighted by Crippen LogP contribution is 2.19. The third kappa shape index (κ3) is 4.02. The van der Waals surface area contributed by atoms with Crippen LogP contribution in [-0.4, -0.2) is 33.4 Å². The molecule has 4 nitrogen and oxygen atoms in total. The van der Waals surface area contributed by atoms with Crippen molar-refractivity contribution in [1.29, 1.82) is 5.26 Å². The fraction of sp³-hybridized carbons (Fsp3) is 0.500. The van der Waals surface area contributed by atoms with Crippen molar-refractivity contribution in [1.82, 2.24) is 0 Å². The minimum absolute atomic E-state index is 0.285. The molecule has 0 bridgehead atoms. The van der Waals surface area contributed by atoms with Crippen LogP contribution in [0.4, 0.5) is 5.69 Å². The number of rotatable bonds is 7. The molecule has 0 spiro atoms. The number of nitriles is 1. The van der Waals surface area contributed by atoms with Crippen molar-refractivity contribution < 1.29 is 4.74 Å². The summed E-state index contributed by atoms with van der Waals surface area (Å²) in [5, 5.41) is 8.92. The highest BCUT2D eigenvalue weighted by Gasteiger charge is 2.14. The summed E-state index contributed by atoms with van der Waals surface area (Å²) in [7, 11) is 3.73. The summed E-state index contributed by atoms with van der Waals surface area (Å²) in [6.45, 7) is 1.35. The summed E-state index contributed by atoms with van der Waals surface area (Å²) in [6.07, 6.45) is 1.95. The predicted octanol–water partition coefficient (Wildman–Crippen LogP) is 1.75. The number of nitrogens with two attached hydrogens (primary N) is 1. The standard InChI is InChI=1S/C14H21N3O/c1-17(14(11-18-2)7-4-8-15)13-6-3-5-12(9-13)10-16/h3,5-6,9,14H,4,7-8,11,15H2,1-2H3. The van der Waals surface area contributed by atoms with Gasteiger partial charge in [0.05, 0.1) is 24.3 Å². The fourth-order valence-corrected chi connectivity index (χ4v) is 1.94. The van der Waals surface area contributed by atoms with Gasteiger partial charge in [-0.05, 0) is 37.6 Å². The molecule has 0 aliphatic rings. The first-order valence-corrected chi connectivity index (χ1v) is 6.15. The lowest BCUT2D eigenvalue weighted by Crippen LogP contribution is -2.35. The number of ether oxygens (including phenoxy) is 1. The maximum Gasteiger partial charge on any atom is 0.0992 e. The summed E-state index contributed by atoms with van der Waals surface area (Å²) in [6, 6.07) is 10.1. The quantitative estimate of drug-likeness (QED) is 0.797. The Labute approximate surface area is 109 Å². The molecule has 0 aromatic heterocycles. The minimum Gasteiger partial charge on any atom is -0.383 e. The zero-order valence-corrected chi connectivity index (χ0v) is 11.1. The molecule has 0 radical (unpaired) electrons. The van der Waals surface area contributed by atoms with Gasteiger partial charge in [-0.15, -0.1) is 0 Å². The predicted molar refractivity (Wildman–Crippen MR) is 73.5 cm³/mol. The van der Waals surface area contributed by atoms with E-state index in [1.54, 1.807) is 7.11 Å². The first-order valence-electron chi connectivity index (χ1n) is 6.15. The molecule has 1 rings (SSSR count). The van der Waals surface area contributed by atoms with E-state index >= 15 is 0 Å². The van der Waals surface area contributed by atoms with Gasteiger partial charge >= 0.3 is 0 Å². The molecule has 0 aliphatic heterocycles. The van der Waals surface area contributed by atoms with Crippen LogP contribution in [0.15, 0.2) is 24.3 Å². The number of nitrogens with zero attached hydrogens (tertiary/aromatic N) is 2. The van der Waals surface area contributed by atoms with Crippen LogP contribution in [0.2, 0.25) is 0 Å². The molecule has 4 heteroatoms. The molecule has 0 fully saturated rings. The normalized spacial score (nSPS) is 11.9. The van der Waals surface area contributed by atoms with E-state index < -0.39 is 0 Å². The van der Waals surface area contributed by atoms with Gasteiger partial charge in [-0.3, -0.25) is 0 Å². The minimum atomic E-state index is 0.285. The molecule has 2 N–H and O–H groups in total. The van der Waals surface area contributed by atoms with Crippen LogP contribution in [0.3, 0.4) is 0 Å². The van der Waals surface area contributed by atoms with Crippen LogP contribution in [0, 0.1) is 11.3 Å². The van der Waals surface area contributed by atoms with Crippen molar-refractivity contribution in [2.75, 3.05) is 32.2 Å². The van der Waals surface area contributed by atoms with E-state index in [1.165, 1.54) is 0 Å². The number of methoxy groups -OCH3 is 1. The Hall–Kier alpha value is -1.57. The first-order chi connectivity index (χ1) is 8.72. The van der Waals surface area contributed by atoms with Gasteiger partial charge in [0.25, 0.3) is 0 Å².